The fourth-order valence-corrected chi connectivity index (χ4v) is 2.16. The molecule has 0 unspecified atom stereocenters. The predicted molar refractivity (Wildman–Crippen MR) is 85.1 cm³/mol. The normalized spacial score (nSPS) is 10.6. The van der Waals surface area contributed by atoms with Gasteiger partial charge >= 0.3 is 6.61 Å². The average molecular weight is 329 g/mol. The summed E-state index contributed by atoms with van der Waals surface area (Å²) in [6, 6.07) is 12.7. The number of nitrogens with one attached hydrogen (secondary N) is 2. The van der Waals surface area contributed by atoms with Crippen LogP contribution in [0, 0.1) is 0 Å². The lowest BCUT2D eigenvalue weighted by Crippen LogP contribution is -2.12. The van der Waals surface area contributed by atoms with Crippen LogP contribution in [0.4, 0.5) is 14.5 Å². The fraction of sp³-hybridized carbons (Fsp3) is 0.0588. The Morgan fingerprint density at radius 2 is 1.96 bits per heavy atom. The van der Waals surface area contributed by atoms with E-state index in [1.807, 2.05) is 6.07 Å². The summed E-state index contributed by atoms with van der Waals surface area (Å²) in [5, 5.41) is 2.75. The summed E-state index contributed by atoms with van der Waals surface area (Å²) < 4.78 is 28.5. The SMILES string of the molecule is O=C(Nc1cccc(-c2ncc[nH]2)c1)c1ccc(OC(F)F)cc1. The Morgan fingerprint density at radius 1 is 1.17 bits per heavy atom. The minimum Gasteiger partial charge on any atom is -0.435 e. The highest BCUT2D eigenvalue weighted by molar-refractivity contribution is 6.04. The van der Waals surface area contributed by atoms with E-state index >= 15 is 0 Å². The Hall–Kier alpha value is -3.22. The average Bonchev–Trinajstić information content (AvgIpc) is 3.10. The van der Waals surface area contributed by atoms with E-state index in [0.29, 0.717) is 17.1 Å². The molecule has 24 heavy (non-hydrogen) atoms. The second kappa shape index (κ2) is 6.91. The molecule has 2 N–H and O–H groups in total. The first-order chi connectivity index (χ1) is 11.6. The van der Waals surface area contributed by atoms with E-state index in [0.717, 1.165) is 5.56 Å². The van der Waals surface area contributed by atoms with Gasteiger partial charge in [-0.3, -0.25) is 4.79 Å². The highest BCUT2D eigenvalue weighted by atomic mass is 19.3. The minimum atomic E-state index is -2.89. The maximum absolute atomic E-state index is 12.2. The standard InChI is InChI=1S/C17H13F2N3O2/c18-17(19)24-14-6-4-11(5-7-14)16(23)22-13-3-1-2-12(10-13)15-20-8-9-21-15/h1-10,17H,(H,20,21)(H,22,23). The summed E-state index contributed by atoms with van der Waals surface area (Å²) >= 11 is 0. The molecule has 1 aromatic heterocycles. The van der Waals surface area contributed by atoms with Crippen LogP contribution in [-0.4, -0.2) is 22.5 Å². The van der Waals surface area contributed by atoms with Crippen LogP contribution < -0.4 is 10.1 Å². The van der Waals surface area contributed by atoms with E-state index < -0.39 is 6.61 Å². The molecule has 0 atom stereocenters. The molecule has 1 heterocycles. The van der Waals surface area contributed by atoms with Crippen LogP contribution in [0.25, 0.3) is 11.4 Å². The molecule has 0 radical (unpaired) electrons. The summed E-state index contributed by atoms with van der Waals surface area (Å²) in [5.74, 6) is 0.344. The lowest BCUT2D eigenvalue weighted by molar-refractivity contribution is -0.0498. The molecule has 0 saturated carbocycles. The molecule has 7 heteroatoms. The number of anilines is 1. The first-order valence-electron chi connectivity index (χ1n) is 7.08. The number of carbonyl (C=O) groups excluding carboxylic acids is 1. The van der Waals surface area contributed by atoms with Crippen molar-refractivity contribution in [1.29, 1.82) is 0 Å². The number of imidazole rings is 1. The quantitative estimate of drug-likeness (QED) is 0.745. The van der Waals surface area contributed by atoms with Crippen molar-refractivity contribution in [1.82, 2.24) is 9.97 Å². The Balaban J connectivity index is 1.72. The molecule has 122 valence electrons. The number of halogens is 2. The number of amides is 1. The monoisotopic (exact) mass is 329 g/mol. The van der Waals surface area contributed by atoms with Gasteiger partial charge in [0.1, 0.15) is 11.6 Å². The number of H-pyrrole nitrogens is 1. The van der Waals surface area contributed by atoms with Gasteiger partial charge in [0.25, 0.3) is 5.91 Å². The van der Waals surface area contributed by atoms with E-state index in [-0.39, 0.29) is 11.7 Å². The zero-order valence-corrected chi connectivity index (χ0v) is 12.4. The molecule has 0 aliphatic rings. The molecule has 3 rings (SSSR count). The summed E-state index contributed by atoms with van der Waals surface area (Å²) in [6.07, 6.45) is 3.35. The fourth-order valence-electron chi connectivity index (χ4n) is 2.16. The van der Waals surface area contributed by atoms with E-state index in [9.17, 15) is 13.6 Å². The van der Waals surface area contributed by atoms with Crippen molar-refractivity contribution in [2.45, 2.75) is 6.61 Å². The maximum Gasteiger partial charge on any atom is 0.387 e. The molecular formula is C17H13F2N3O2. The van der Waals surface area contributed by atoms with Gasteiger partial charge in [-0.2, -0.15) is 8.78 Å². The summed E-state index contributed by atoms with van der Waals surface area (Å²) in [5.41, 5.74) is 1.76. The largest absolute Gasteiger partial charge is 0.435 e. The molecule has 0 aliphatic carbocycles. The lowest BCUT2D eigenvalue weighted by Gasteiger charge is -2.08. The van der Waals surface area contributed by atoms with Crippen LogP contribution in [0.15, 0.2) is 60.9 Å². The van der Waals surface area contributed by atoms with Crippen molar-refractivity contribution in [2.24, 2.45) is 0 Å². The molecule has 0 saturated heterocycles. The Kier molecular flexibility index (Phi) is 4.51. The van der Waals surface area contributed by atoms with E-state index in [1.54, 1.807) is 30.6 Å². The molecule has 3 aromatic rings. The van der Waals surface area contributed by atoms with Gasteiger partial charge in [-0.25, -0.2) is 4.98 Å². The summed E-state index contributed by atoms with van der Waals surface area (Å²) in [7, 11) is 0. The van der Waals surface area contributed by atoms with Crippen molar-refractivity contribution in [2.75, 3.05) is 5.32 Å². The third kappa shape index (κ3) is 3.75. The van der Waals surface area contributed by atoms with Gasteiger partial charge in [0, 0.05) is 29.2 Å². The molecule has 1 amide bonds. The maximum atomic E-state index is 12.2. The highest BCUT2D eigenvalue weighted by Crippen LogP contribution is 2.20. The molecular weight excluding hydrogens is 316 g/mol. The van der Waals surface area contributed by atoms with Crippen LogP contribution in [-0.2, 0) is 0 Å². The van der Waals surface area contributed by atoms with Crippen molar-refractivity contribution in [3.05, 3.63) is 66.5 Å². The highest BCUT2D eigenvalue weighted by Gasteiger charge is 2.09. The van der Waals surface area contributed by atoms with Crippen molar-refractivity contribution in [3.8, 4) is 17.1 Å². The first kappa shape index (κ1) is 15.7. The van der Waals surface area contributed by atoms with Gasteiger partial charge in [0.15, 0.2) is 0 Å². The lowest BCUT2D eigenvalue weighted by atomic mass is 10.1. The Morgan fingerprint density at radius 3 is 2.62 bits per heavy atom. The van der Waals surface area contributed by atoms with Crippen molar-refractivity contribution >= 4 is 11.6 Å². The first-order valence-corrected chi connectivity index (χ1v) is 7.08. The molecule has 0 spiro atoms. The van der Waals surface area contributed by atoms with Gasteiger partial charge in [0.2, 0.25) is 0 Å². The number of benzene rings is 2. The summed E-state index contributed by atoms with van der Waals surface area (Å²) in [4.78, 5) is 19.4. The van der Waals surface area contributed by atoms with Crippen LogP contribution in [0.2, 0.25) is 0 Å². The predicted octanol–water partition coefficient (Wildman–Crippen LogP) is 3.93. The van der Waals surface area contributed by atoms with Crippen molar-refractivity contribution < 1.29 is 18.3 Å². The number of carbonyl (C=O) groups is 1. The number of ether oxygens (including phenoxy) is 1. The number of nitrogens with zero attached hydrogens (tertiary/aromatic N) is 1. The van der Waals surface area contributed by atoms with Crippen LogP contribution in [0.3, 0.4) is 0 Å². The van der Waals surface area contributed by atoms with E-state index in [2.05, 4.69) is 20.0 Å². The molecule has 2 aromatic carbocycles. The Labute approximate surface area is 136 Å². The second-order valence-corrected chi connectivity index (χ2v) is 4.88. The second-order valence-electron chi connectivity index (χ2n) is 4.88. The van der Waals surface area contributed by atoms with E-state index in [1.165, 1.54) is 24.3 Å². The van der Waals surface area contributed by atoms with E-state index in [4.69, 9.17) is 0 Å². The number of aromatic amines is 1. The number of hydrogen-bond donors (Lipinski definition) is 2. The minimum absolute atomic E-state index is 0.00127. The molecule has 0 bridgehead atoms. The summed E-state index contributed by atoms with van der Waals surface area (Å²) in [6.45, 7) is -2.89. The van der Waals surface area contributed by atoms with Crippen molar-refractivity contribution in [3.63, 3.8) is 0 Å². The third-order valence-corrected chi connectivity index (χ3v) is 3.23. The van der Waals surface area contributed by atoms with Crippen LogP contribution in [0.5, 0.6) is 5.75 Å². The van der Waals surface area contributed by atoms with Gasteiger partial charge in [-0.1, -0.05) is 12.1 Å². The van der Waals surface area contributed by atoms with Crippen LogP contribution >= 0.6 is 0 Å². The van der Waals surface area contributed by atoms with Gasteiger partial charge in [-0.05, 0) is 36.4 Å². The number of hydrogen-bond acceptors (Lipinski definition) is 3. The number of rotatable bonds is 5. The van der Waals surface area contributed by atoms with Crippen LogP contribution in [0.1, 0.15) is 10.4 Å². The van der Waals surface area contributed by atoms with Gasteiger partial charge < -0.3 is 15.0 Å². The molecule has 0 aliphatic heterocycles. The van der Waals surface area contributed by atoms with Gasteiger partial charge in [-0.15, -0.1) is 0 Å². The Bertz CT molecular complexity index is 818. The number of alkyl halides is 2. The zero-order chi connectivity index (χ0) is 16.9. The third-order valence-electron chi connectivity index (χ3n) is 3.23. The molecule has 0 fully saturated rings. The van der Waals surface area contributed by atoms with Gasteiger partial charge in [0.05, 0.1) is 0 Å². The molecule has 5 nitrogen and oxygen atoms in total. The smallest absolute Gasteiger partial charge is 0.387 e. The number of aromatic nitrogens is 2. The topological polar surface area (TPSA) is 67.0 Å². The zero-order valence-electron chi connectivity index (χ0n) is 12.4.